The molecule has 0 aromatic heterocycles. The standard InChI is InChI=1S/C26H48O2/c1-12-13-19-18(16-22(2,3)4)14-15-20(19)25(10,11)28-21(27)26(23(5,6)7)17-24(26,8)9/h18-20H,12-17H2,1-11H3. The average Bonchev–Trinajstić information content (AvgIpc) is 2.88. The normalized spacial score (nSPS) is 33.0. The zero-order chi connectivity index (χ0) is 21.8. The van der Waals surface area contributed by atoms with Crippen LogP contribution in [0.5, 0.6) is 0 Å². The van der Waals surface area contributed by atoms with Crippen LogP contribution >= 0.6 is 0 Å². The van der Waals surface area contributed by atoms with E-state index >= 15 is 0 Å². The molecule has 2 rings (SSSR count). The quantitative estimate of drug-likeness (QED) is 0.434. The van der Waals surface area contributed by atoms with E-state index in [1.165, 1.54) is 32.1 Å². The second-order valence-corrected chi connectivity index (χ2v) is 13.4. The van der Waals surface area contributed by atoms with Gasteiger partial charge >= 0.3 is 5.97 Å². The van der Waals surface area contributed by atoms with Crippen molar-refractivity contribution in [2.45, 2.75) is 120 Å². The van der Waals surface area contributed by atoms with E-state index in [-0.39, 0.29) is 27.8 Å². The molecule has 2 nitrogen and oxygen atoms in total. The number of carbonyl (C=O) groups is 1. The second-order valence-electron chi connectivity index (χ2n) is 13.4. The minimum atomic E-state index is -0.388. The summed E-state index contributed by atoms with van der Waals surface area (Å²) in [6.07, 6.45) is 7.15. The Kier molecular flexibility index (Phi) is 6.20. The average molecular weight is 393 g/mol. The molecule has 2 heteroatoms. The second kappa shape index (κ2) is 7.31. The molecule has 0 saturated heterocycles. The van der Waals surface area contributed by atoms with Gasteiger partial charge in [0.15, 0.2) is 0 Å². The lowest BCUT2D eigenvalue weighted by atomic mass is 9.72. The summed E-state index contributed by atoms with van der Waals surface area (Å²) in [7, 11) is 0. The van der Waals surface area contributed by atoms with Gasteiger partial charge in [-0.3, -0.25) is 4.79 Å². The predicted molar refractivity (Wildman–Crippen MR) is 119 cm³/mol. The molecule has 0 radical (unpaired) electrons. The molecule has 164 valence electrons. The third-order valence-corrected chi connectivity index (χ3v) is 8.08. The highest BCUT2D eigenvalue weighted by atomic mass is 16.6. The van der Waals surface area contributed by atoms with Gasteiger partial charge < -0.3 is 4.74 Å². The fraction of sp³-hybridized carbons (Fsp3) is 0.962. The van der Waals surface area contributed by atoms with Crippen LogP contribution in [0.2, 0.25) is 0 Å². The molecule has 2 saturated carbocycles. The highest BCUT2D eigenvalue weighted by molar-refractivity contribution is 5.83. The van der Waals surface area contributed by atoms with Gasteiger partial charge in [-0.05, 0) is 67.6 Å². The number of rotatable bonds is 6. The van der Waals surface area contributed by atoms with Crippen molar-refractivity contribution in [1.82, 2.24) is 0 Å². The molecule has 0 amide bonds. The molecule has 4 unspecified atom stereocenters. The van der Waals surface area contributed by atoms with E-state index in [1.54, 1.807) is 0 Å². The molecular weight excluding hydrogens is 344 g/mol. The molecular formula is C26H48O2. The topological polar surface area (TPSA) is 26.3 Å². The molecule has 4 atom stereocenters. The fourth-order valence-electron chi connectivity index (χ4n) is 6.78. The van der Waals surface area contributed by atoms with Crippen LogP contribution in [0.1, 0.15) is 115 Å². The summed E-state index contributed by atoms with van der Waals surface area (Å²) in [4.78, 5) is 13.5. The Morgan fingerprint density at radius 1 is 1.00 bits per heavy atom. The summed E-state index contributed by atoms with van der Waals surface area (Å²) in [5.41, 5.74) is -0.412. The van der Waals surface area contributed by atoms with E-state index in [1.807, 2.05) is 0 Å². The molecule has 2 aliphatic carbocycles. The van der Waals surface area contributed by atoms with E-state index in [0.29, 0.717) is 17.3 Å². The Labute approximate surface area is 175 Å². The predicted octanol–water partition coefficient (Wildman–Crippen LogP) is 7.65. The van der Waals surface area contributed by atoms with Gasteiger partial charge in [0, 0.05) is 5.92 Å². The van der Waals surface area contributed by atoms with Crippen molar-refractivity contribution in [2.24, 2.45) is 39.4 Å². The van der Waals surface area contributed by atoms with Crippen molar-refractivity contribution in [1.29, 1.82) is 0 Å². The summed E-state index contributed by atoms with van der Waals surface area (Å²) in [6, 6.07) is 0. The van der Waals surface area contributed by atoms with E-state index in [2.05, 4.69) is 76.2 Å². The van der Waals surface area contributed by atoms with Crippen LogP contribution in [0.15, 0.2) is 0 Å². The van der Waals surface area contributed by atoms with Crippen LogP contribution in [0, 0.1) is 39.4 Å². The van der Waals surface area contributed by atoms with Crippen molar-refractivity contribution in [3.05, 3.63) is 0 Å². The van der Waals surface area contributed by atoms with E-state index < -0.39 is 0 Å². The maximum atomic E-state index is 13.5. The van der Waals surface area contributed by atoms with E-state index in [0.717, 1.165) is 12.3 Å². The lowest BCUT2D eigenvalue weighted by molar-refractivity contribution is -0.177. The molecule has 0 aliphatic heterocycles. The smallest absolute Gasteiger partial charge is 0.313 e. The van der Waals surface area contributed by atoms with Crippen molar-refractivity contribution in [3.8, 4) is 0 Å². The van der Waals surface area contributed by atoms with Crippen LogP contribution in [-0.2, 0) is 9.53 Å². The van der Waals surface area contributed by atoms with Crippen molar-refractivity contribution < 1.29 is 9.53 Å². The highest BCUT2D eigenvalue weighted by Gasteiger charge is 2.73. The van der Waals surface area contributed by atoms with Gasteiger partial charge in [-0.1, -0.05) is 75.2 Å². The molecule has 2 aliphatic rings. The molecule has 0 heterocycles. The summed E-state index contributed by atoms with van der Waals surface area (Å²) < 4.78 is 6.43. The third-order valence-electron chi connectivity index (χ3n) is 8.08. The fourth-order valence-corrected chi connectivity index (χ4v) is 6.78. The van der Waals surface area contributed by atoms with Crippen LogP contribution in [-0.4, -0.2) is 11.6 Å². The number of hydrogen-bond acceptors (Lipinski definition) is 2. The number of esters is 1. The van der Waals surface area contributed by atoms with E-state index in [4.69, 9.17) is 4.74 Å². The van der Waals surface area contributed by atoms with Crippen LogP contribution in [0.25, 0.3) is 0 Å². The number of ether oxygens (including phenoxy) is 1. The first-order valence-electron chi connectivity index (χ1n) is 11.7. The van der Waals surface area contributed by atoms with Crippen LogP contribution < -0.4 is 0 Å². The summed E-state index contributed by atoms with van der Waals surface area (Å²) in [5, 5.41) is 0. The lowest BCUT2D eigenvalue weighted by Gasteiger charge is -2.41. The molecule has 0 bridgehead atoms. The maximum absolute atomic E-state index is 13.5. The molecule has 0 N–H and O–H groups in total. The van der Waals surface area contributed by atoms with Gasteiger partial charge in [-0.25, -0.2) is 0 Å². The van der Waals surface area contributed by atoms with E-state index in [9.17, 15) is 4.79 Å². The first-order valence-corrected chi connectivity index (χ1v) is 11.7. The molecule has 0 aromatic carbocycles. The van der Waals surface area contributed by atoms with Gasteiger partial charge in [0.25, 0.3) is 0 Å². The lowest BCUT2D eigenvalue weighted by Crippen LogP contribution is -2.45. The highest BCUT2D eigenvalue weighted by Crippen LogP contribution is 2.72. The summed E-state index contributed by atoms with van der Waals surface area (Å²) in [5.74, 6) is 1.95. The Balaban J connectivity index is 2.20. The summed E-state index contributed by atoms with van der Waals surface area (Å²) >= 11 is 0. The van der Waals surface area contributed by atoms with Gasteiger partial charge in [0.05, 0.1) is 5.41 Å². The first kappa shape index (κ1) is 23.7. The van der Waals surface area contributed by atoms with Gasteiger partial charge in [-0.2, -0.15) is 0 Å². The Morgan fingerprint density at radius 2 is 1.54 bits per heavy atom. The molecule has 0 aromatic rings. The summed E-state index contributed by atoms with van der Waals surface area (Å²) in [6.45, 7) is 24.8. The minimum absolute atomic E-state index is 0.0334. The van der Waals surface area contributed by atoms with Crippen molar-refractivity contribution in [3.63, 3.8) is 0 Å². The maximum Gasteiger partial charge on any atom is 0.313 e. The molecule has 28 heavy (non-hydrogen) atoms. The van der Waals surface area contributed by atoms with Crippen LogP contribution in [0.4, 0.5) is 0 Å². The number of carbonyl (C=O) groups excluding carboxylic acids is 1. The SMILES string of the molecule is CCCC1C(CC(C)(C)C)CCC1C(C)(C)OC(=O)C1(C(C)(C)C)CC1(C)C. The Hall–Kier alpha value is -0.530. The minimum Gasteiger partial charge on any atom is -0.459 e. The zero-order valence-corrected chi connectivity index (χ0v) is 20.8. The monoisotopic (exact) mass is 392 g/mol. The van der Waals surface area contributed by atoms with Crippen molar-refractivity contribution >= 4 is 5.97 Å². The molecule has 2 fully saturated rings. The van der Waals surface area contributed by atoms with Gasteiger partial charge in [-0.15, -0.1) is 0 Å². The largest absolute Gasteiger partial charge is 0.459 e. The number of hydrogen-bond donors (Lipinski definition) is 0. The zero-order valence-electron chi connectivity index (χ0n) is 20.8. The van der Waals surface area contributed by atoms with Crippen molar-refractivity contribution in [2.75, 3.05) is 0 Å². The van der Waals surface area contributed by atoms with Gasteiger partial charge in [0.1, 0.15) is 5.60 Å². The third kappa shape index (κ3) is 4.31. The first-order chi connectivity index (χ1) is 12.5. The van der Waals surface area contributed by atoms with Crippen LogP contribution in [0.3, 0.4) is 0 Å². The van der Waals surface area contributed by atoms with Gasteiger partial charge in [0.2, 0.25) is 0 Å². The Morgan fingerprint density at radius 3 is 1.93 bits per heavy atom. The Bertz CT molecular complexity index is 572. The molecule has 0 spiro atoms.